The van der Waals surface area contributed by atoms with Crippen LogP contribution >= 0.6 is 22.6 Å². The number of sulfonamides is 1. The zero-order valence-corrected chi connectivity index (χ0v) is 14.1. The zero-order chi connectivity index (χ0) is 15.5. The Morgan fingerprint density at radius 2 is 1.67 bits per heavy atom. The van der Waals surface area contributed by atoms with Crippen molar-refractivity contribution in [2.45, 2.75) is 4.90 Å². The molecular formula is C14H13IN2O3S. The summed E-state index contributed by atoms with van der Waals surface area (Å²) in [5, 5.41) is 2.74. The second kappa shape index (κ2) is 6.54. The number of carbonyl (C=O) groups excluding carboxylic acids is 1. The Hall–Kier alpha value is -1.45. The Morgan fingerprint density at radius 3 is 2.24 bits per heavy atom. The van der Waals surface area contributed by atoms with Gasteiger partial charge in [0.05, 0.1) is 10.5 Å². The van der Waals surface area contributed by atoms with Crippen LogP contribution < -0.4 is 10.0 Å². The lowest BCUT2D eigenvalue weighted by atomic mass is 10.2. The molecular weight excluding hydrogens is 403 g/mol. The topological polar surface area (TPSA) is 75.3 Å². The van der Waals surface area contributed by atoms with Crippen LogP contribution in [0.2, 0.25) is 0 Å². The third kappa shape index (κ3) is 3.80. The maximum absolute atomic E-state index is 12.1. The number of rotatable bonds is 4. The van der Waals surface area contributed by atoms with Crippen LogP contribution in [0.25, 0.3) is 0 Å². The third-order valence-corrected chi connectivity index (χ3v) is 5.18. The average molecular weight is 416 g/mol. The van der Waals surface area contributed by atoms with Crippen LogP contribution in [0.5, 0.6) is 0 Å². The smallest absolute Gasteiger partial charge is 0.256 e. The van der Waals surface area contributed by atoms with Gasteiger partial charge >= 0.3 is 0 Å². The minimum Gasteiger partial charge on any atom is -0.322 e. The van der Waals surface area contributed by atoms with E-state index in [4.69, 9.17) is 0 Å². The molecule has 0 atom stereocenters. The van der Waals surface area contributed by atoms with Gasteiger partial charge in [0, 0.05) is 9.26 Å². The van der Waals surface area contributed by atoms with Crippen LogP contribution in [0, 0.1) is 3.57 Å². The Balaban J connectivity index is 2.18. The summed E-state index contributed by atoms with van der Waals surface area (Å²) in [6.07, 6.45) is 0. The summed E-state index contributed by atoms with van der Waals surface area (Å²) in [5.41, 5.74) is 1.11. The standard InChI is InChI=1S/C14H13IN2O3S/c1-16-21(19,20)11-8-6-10(7-9-11)17-14(18)12-4-2-3-5-13(12)15/h2-9,16H,1H3,(H,17,18). The van der Waals surface area contributed by atoms with Crippen molar-refractivity contribution in [1.29, 1.82) is 0 Å². The fourth-order valence-electron chi connectivity index (χ4n) is 1.68. The first-order chi connectivity index (χ1) is 9.94. The minimum absolute atomic E-state index is 0.150. The van der Waals surface area contributed by atoms with E-state index >= 15 is 0 Å². The number of amides is 1. The van der Waals surface area contributed by atoms with E-state index in [0.717, 1.165) is 3.57 Å². The minimum atomic E-state index is -3.47. The van der Waals surface area contributed by atoms with Crippen LogP contribution in [0.1, 0.15) is 10.4 Å². The maximum Gasteiger partial charge on any atom is 0.256 e. The molecule has 21 heavy (non-hydrogen) atoms. The summed E-state index contributed by atoms with van der Waals surface area (Å²) < 4.78 is 26.3. The van der Waals surface area contributed by atoms with E-state index < -0.39 is 10.0 Å². The van der Waals surface area contributed by atoms with Crippen molar-refractivity contribution in [2.24, 2.45) is 0 Å². The first-order valence-corrected chi connectivity index (χ1v) is 8.60. The molecule has 0 unspecified atom stereocenters. The fraction of sp³-hybridized carbons (Fsp3) is 0.0714. The monoisotopic (exact) mass is 416 g/mol. The molecule has 0 aliphatic carbocycles. The van der Waals surface area contributed by atoms with Crippen molar-refractivity contribution >= 4 is 44.2 Å². The highest BCUT2D eigenvalue weighted by Crippen LogP contribution is 2.17. The summed E-state index contributed by atoms with van der Waals surface area (Å²) in [4.78, 5) is 12.3. The molecule has 1 amide bonds. The van der Waals surface area contributed by atoms with Gasteiger partial charge in [-0.15, -0.1) is 0 Å². The number of hydrogen-bond donors (Lipinski definition) is 2. The number of benzene rings is 2. The predicted octanol–water partition coefficient (Wildman–Crippen LogP) is 2.45. The Bertz CT molecular complexity index is 758. The van der Waals surface area contributed by atoms with Crippen LogP contribution in [0.4, 0.5) is 5.69 Å². The van der Waals surface area contributed by atoms with Crippen LogP contribution in [0.15, 0.2) is 53.4 Å². The normalized spacial score (nSPS) is 11.1. The highest BCUT2D eigenvalue weighted by atomic mass is 127. The van der Waals surface area contributed by atoms with E-state index in [-0.39, 0.29) is 10.8 Å². The molecule has 0 aliphatic rings. The fourth-order valence-corrected chi connectivity index (χ4v) is 3.04. The molecule has 0 aromatic heterocycles. The molecule has 2 aromatic rings. The highest BCUT2D eigenvalue weighted by molar-refractivity contribution is 14.1. The Morgan fingerprint density at radius 1 is 1.05 bits per heavy atom. The zero-order valence-electron chi connectivity index (χ0n) is 11.1. The molecule has 0 saturated carbocycles. The molecule has 7 heteroatoms. The first kappa shape index (κ1) is 15.9. The van der Waals surface area contributed by atoms with Gasteiger partial charge in [0.15, 0.2) is 0 Å². The van der Waals surface area contributed by atoms with E-state index in [2.05, 4.69) is 32.6 Å². The van der Waals surface area contributed by atoms with Gasteiger partial charge in [0.1, 0.15) is 0 Å². The Labute approximate surface area is 137 Å². The number of carbonyl (C=O) groups is 1. The molecule has 2 aromatic carbocycles. The van der Waals surface area contributed by atoms with Crippen LogP contribution in [0.3, 0.4) is 0 Å². The lowest BCUT2D eigenvalue weighted by Gasteiger charge is -2.08. The molecule has 0 saturated heterocycles. The van der Waals surface area contributed by atoms with Gasteiger partial charge in [-0.05, 0) is 66.0 Å². The van der Waals surface area contributed by atoms with Gasteiger partial charge in [-0.2, -0.15) is 0 Å². The largest absolute Gasteiger partial charge is 0.322 e. The Kier molecular flexibility index (Phi) is 4.96. The molecule has 0 heterocycles. The lowest BCUT2D eigenvalue weighted by Crippen LogP contribution is -2.18. The highest BCUT2D eigenvalue weighted by Gasteiger charge is 2.12. The number of nitrogens with one attached hydrogen (secondary N) is 2. The van der Waals surface area contributed by atoms with E-state index in [9.17, 15) is 13.2 Å². The average Bonchev–Trinajstić information content (AvgIpc) is 2.48. The molecule has 0 fully saturated rings. The maximum atomic E-state index is 12.1. The van der Waals surface area contributed by atoms with E-state index in [0.29, 0.717) is 11.3 Å². The molecule has 110 valence electrons. The van der Waals surface area contributed by atoms with Gasteiger partial charge < -0.3 is 5.32 Å². The SMILES string of the molecule is CNS(=O)(=O)c1ccc(NC(=O)c2ccccc2I)cc1. The number of anilines is 1. The van der Waals surface area contributed by atoms with Gasteiger partial charge in [0.25, 0.3) is 5.91 Å². The van der Waals surface area contributed by atoms with E-state index in [1.165, 1.54) is 19.2 Å². The summed E-state index contributed by atoms with van der Waals surface area (Å²) in [6, 6.07) is 13.2. The third-order valence-electron chi connectivity index (χ3n) is 2.81. The number of hydrogen-bond acceptors (Lipinski definition) is 3. The quantitative estimate of drug-likeness (QED) is 0.753. The lowest BCUT2D eigenvalue weighted by molar-refractivity contribution is 0.102. The van der Waals surface area contributed by atoms with Crippen molar-refractivity contribution in [2.75, 3.05) is 12.4 Å². The molecule has 5 nitrogen and oxygen atoms in total. The summed E-state index contributed by atoms with van der Waals surface area (Å²) in [6.45, 7) is 0. The molecule has 2 rings (SSSR count). The summed E-state index contributed by atoms with van der Waals surface area (Å²) >= 11 is 2.09. The second-order valence-corrected chi connectivity index (χ2v) is 7.21. The molecule has 0 bridgehead atoms. The van der Waals surface area contributed by atoms with Crippen molar-refractivity contribution in [3.05, 3.63) is 57.7 Å². The van der Waals surface area contributed by atoms with Crippen LogP contribution in [-0.4, -0.2) is 21.4 Å². The first-order valence-electron chi connectivity index (χ1n) is 6.03. The summed E-state index contributed by atoms with van der Waals surface area (Å²) in [7, 11) is -2.12. The van der Waals surface area contributed by atoms with Crippen molar-refractivity contribution < 1.29 is 13.2 Å². The van der Waals surface area contributed by atoms with Crippen molar-refractivity contribution in [3.8, 4) is 0 Å². The van der Waals surface area contributed by atoms with Crippen molar-refractivity contribution in [3.63, 3.8) is 0 Å². The molecule has 0 spiro atoms. The van der Waals surface area contributed by atoms with Gasteiger partial charge in [-0.3, -0.25) is 4.79 Å². The number of halogens is 1. The summed E-state index contributed by atoms with van der Waals surface area (Å²) in [5.74, 6) is -0.232. The second-order valence-electron chi connectivity index (χ2n) is 4.17. The van der Waals surface area contributed by atoms with Gasteiger partial charge in [0.2, 0.25) is 10.0 Å². The van der Waals surface area contributed by atoms with E-state index in [1.54, 1.807) is 24.3 Å². The predicted molar refractivity (Wildman–Crippen MR) is 89.8 cm³/mol. The van der Waals surface area contributed by atoms with Crippen molar-refractivity contribution in [1.82, 2.24) is 4.72 Å². The molecule has 0 radical (unpaired) electrons. The molecule has 0 aliphatic heterocycles. The molecule has 2 N–H and O–H groups in total. The van der Waals surface area contributed by atoms with Gasteiger partial charge in [-0.1, -0.05) is 12.1 Å². The van der Waals surface area contributed by atoms with E-state index in [1.807, 2.05) is 12.1 Å². The van der Waals surface area contributed by atoms with Crippen LogP contribution in [-0.2, 0) is 10.0 Å². The van der Waals surface area contributed by atoms with Gasteiger partial charge in [-0.25, -0.2) is 13.1 Å².